The maximum Gasteiger partial charge on any atom is 0.270 e. The normalized spacial score (nSPS) is 16.5. The Morgan fingerprint density at radius 2 is 1.74 bits per heavy atom. The fourth-order valence-corrected chi connectivity index (χ4v) is 4.91. The molecule has 0 radical (unpaired) electrons. The molecule has 0 N–H and O–H groups in total. The molecule has 1 fully saturated rings. The molecule has 0 atom stereocenters. The van der Waals surface area contributed by atoms with E-state index in [9.17, 15) is 13.2 Å². The summed E-state index contributed by atoms with van der Waals surface area (Å²) < 4.78 is 28.5. The minimum absolute atomic E-state index is 0.0954. The third kappa shape index (κ3) is 5.12. The minimum atomic E-state index is -3.56. The monoisotopic (exact) mass is 398 g/mol. The van der Waals surface area contributed by atoms with E-state index in [1.165, 1.54) is 16.8 Å². The predicted molar refractivity (Wildman–Crippen MR) is 107 cm³/mol. The number of aryl methyl sites for hydroxylation is 1. The summed E-state index contributed by atoms with van der Waals surface area (Å²) in [5.74, 6) is 0.584. The maximum atomic E-state index is 12.9. The average molecular weight is 399 g/mol. The SMILES string of the molecule is CCN(CC)S(=O)(=O)c1cc(C(=O)N2CCN(CCC(C)C)CC2)n(C)c1. The summed E-state index contributed by atoms with van der Waals surface area (Å²) in [6, 6.07) is 1.52. The molecule has 0 saturated carbocycles. The minimum Gasteiger partial charge on any atom is -0.345 e. The Balaban J connectivity index is 2.07. The molecule has 1 aromatic rings. The first-order valence-electron chi connectivity index (χ1n) is 9.88. The van der Waals surface area contributed by atoms with Gasteiger partial charge < -0.3 is 9.47 Å². The van der Waals surface area contributed by atoms with Crippen molar-refractivity contribution in [1.82, 2.24) is 18.7 Å². The predicted octanol–water partition coefficient (Wildman–Crippen LogP) is 1.86. The van der Waals surface area contributed by atoms with Crippen LogP contribution in [0.3, 0.4) is 0 Å². The Morgan fingerprint density at radius 3 is 2.26 bits per heavy atom. The summed E-state index contributed by atoms with van der Waals surface area (Å²) >= 11 is 0. The van der Waals surface area contributed by atoms with Crippen LogP contribution in [0.1, 0.15) is 44.6 Å². The molecule has 1 saturated heterocycles. The molecule has 0 aliphatic carbocycles. The highest BCUT2D eigenvalue weighted by atomic mass is 32.2. The van der Waals surface area contributed by atoms with E-state index in [2.05, 4.69) is 18.7 Å². The van der Waals surface area contributed by atoms with Gasteiger partial charge >= 0.3 is 0 Å². The van der Waals surface area contributed by atoms with Crippen LogP contribution in [0.25, 0.3) is 0 Å². The molecule has 7 nitrogen and oxygen atoms in total. The lowest BCUT2D eigenvalue weighted by Crippen LogP contribution is -2.49. The Labute approximate surface area is 164 Å². The highest BCUT2D eigenvalue weighted by Crippen LogP contribution is 2.20. The lowest BCUT2D eigenvalue weighted by molar-refractivity contribution is 0.0622. The largest absolute Gasteiger partial charge is 0.345 e. The second kappa shape index (κ2) is 9.21. The third-order valence-electron chi connectivity index (χ3n) is 5.22. The fraction of sp³-hybridized carbons (Fsp3) is 0.737. The van der Waals surface area contributed by atoms with E-state index in [1.807, 2.05) is 18.7 Å². The molecule has 2 rings (SSSR count). The molecule has 0 spiro atoms. The molecular weight excluding hydrogens is 364 g/mol. The number of amides is 1. The van der Waals surface area contributed by atoms with Gasteiger partial charge in [-0.3, -0.25) is 9.69 Å². The van der Waals surface area contributed by atoms with Crippen LogP contribution in [0.2, 0.25) is 0 Å². The first-order chi connectivity index (χ1) is 12.7. The van der Waals surface area contributed by atoms with Gasteiger partial charge in [0.15, 0.2) is 0 Å². The van der Waals surface area contributed by atoms with E-state index in [0.29, 0.717) is 37.8 Å². The second-order valence-electron chi connectivity index (χ2n) is 7.58. The van der Waals surface area contributed by atoms with Gasteiger partial charge in [-0.15, -0.1) is 0 Å². The Hall–Kier alpha value is -1.38. The summed E-state index contributed by atoms with van der Waals surface area (Å²) in [4.78, 5) is 17.3. The zero-order valence-corrected chi connectivity index (χ0v) is 18.1. The summed E-state index contributed by atoms with van der Waals surface area (Å²) in [5, 5.41) is 0. The quantitative estimate of drug-likeness (QED) is 0.670. The summed E-state index contributed by atoms with van der Waals surface area (Å²) in [5.41, 5.74) is 0.427. The van der Waals surface area contributed by atoms with Gasteiger partial charge in [-0.2, -0.15) is 4.31 Å². The third-order valence-corrected chi connectivity index (χ3v) is 7.24. The van der Waals surface area contributed by atoms with Gasteiger partial charge in [-0.1, -0.05) is 27.7 Å². The van der Waals surface area contributed by atoms with Crippen molar-refractivity contribution >= 4 is 15.9 Å². The highest BCUT2D eigenvalue weighted by molar-refractivity contribution is 7.89. The molecule has 0 aromatic carbocycles. The molecule has 0 bridgehead atoms. The molecule has 1 amide bonds. The topological polar surface area (TPSA) is 65.9 Å². The Kier molecular flexibility index (Phi) is 7.47. The van der Waals surface area contributed by atoms with Crippen molar-refractivity contribution in [2.45, 2.75) is 39.0 Å². The van der Waals surface area contributed by atoms with Gasteiger partial charge in [0.2, 0.25) is 10.0 Å². The number of nitrogens with zero attached hydrogens (tertiary/aromatic N) is 4. The zero-order valence-electron chi connectivity index (χ0n) is 17.3. The summed E-state index contributed by atoms with van der Waals surface area (Å²) in [6.45, 7) is 13.1. The van der Waals surface area contributed by atoms with Crippen molar-refractivity contribution in [3.05, 3.63) is 18.0 Å². The van der Waals surface area contributed by atoms with Crippen LogP contribution in [0.5, 0.6) is 0 Å². The van der Waals surface area contributed by atoms with Gasteiger partial charge in [-0.05, 0) is 24.9 Å². The van der Waals surface area contributed by atoms with Gasteiger partial charge in [0.25, 0.3) is 5.91 Å². The van der Waals surface area contributed by atoms with Crippen LogP contribution in [0, 0.1) is 5.92 Å². The molecule has 1 aliphatic rings. The maximum absolute atomic E-state index is 12.9. The number of carbonyl (C=O) groups excluding carboxylic acids is 1. The number of aromatic nitrogens is 1. The van der Waals surface area contributed by atoms with Crippen LogP contribution in [0.15, 0.2) is 17.2 Å². The summed E-state index contributed by atoms with van der Waals surface area (Å²) in [6.07, 6.45) is 2.71. The summed E-state index contributed by atoms with van der Waals surface area (Å²) in [7, 11) is -1.83. The smallest absolute Gasteiger partial charge is 0.270 e. The first kappa shape index (κ1) is 21.9. The molecule has 0 unspecified atom stereocenters. The molecule has 27 heavy (non-hydrogen) atoms. The zero-order chi connectivity index (χ0) is 20.2. The number of piperazine rings is 1. The van der Waals surface area contributed by atoms with Crippen molar-refractivity contribution < 1.29 is 13.2 Å². The lowest BCUT2D eigenvalue weighted by Gasteiger charge is -2.35. The standard InChI is InChI=1S/C19H34N4O3S/c1-6-23(7-2)27(25,26)17-14-18(20(5)15-17)19(24)22-12-10-21(11-13-22)9-8-16(3)4/h14-16H,6-13H2,1-5H3. The van der Waals surface area contributed by atoms with Crippen molar-refractivity contribution in [2.75, 3.05) is 45.8 Å². The van der Waals surface area contributed by atoms with E-state index in [0.717, 1.165) is 19.6 Å². The van der Waals surface area contributed by atoms with Crippen LogP contribution in [0.4, 0.5) is 0 Å². The van der Waals surface area contributed by atoms with Crippen LogP contribution >= 0.6 is 0 Å². The van der Waals surface area contributed by atoms with E-state index < -0.39 is 10.0 Å². The van der Waals surface area contributed by atoms with Crippen LogP contribution < -0.4 is 0 Å². The molecule has 2 heterocycles. The Morgan fingerprint density at radius 1 is 1.15 bits per heavy atom. The average Bonchev–Trinajstić information content (AvgIpc) is 3.03. The van der Waals surface area contributed by atoms with E-state index >= 15 is 0 Å². The number of rotatable bonds is 8. The van der Waals surface area contributed by atoms with Crippen molar-refractivity contribution in [2.24, 2.45) is 13.0 Å². The molecular formula is C19H34N4O3S. The van der Waals surface area contributed by atoms with Crippen molar-refractivity contribution in [1.29, 1.82) is 0 Å². The van der Waals surface area contributed by atoms with Crippen molar-refractivity contribution in [3.63, 3.8) is 0 Å². The van der Waals surface area contributed by atoms with E-state index in [4.69, 9.17) is 0 Å². The number of carbonyl (C=O) groups is 1. The number of sulfonamides is 1. The van der Waals surface area contributed by atoms with Crippen LogP contribution in [-0.2, 0) is 17.1 Å². The van der Waals surface area contributed by atoms with E-state index in [-0.39, 0.29) is 10.8 Å². The molecule has 1 aromatic heterocycles. The Bertz CT molecular complexity index is 730. The van der Waals surface area contributed by atoms with Crippen LogP contribution in [-0.4, -0.2) is 78.8 Å². The lowest BCUT2D eigenvalue weighted by atomic mass is 10.1. The van der Waals surface area contributed by atoms with Gasteiger partial charge in [0.1, 0.15) is 10.6 Å². The van der Waals surface area contributed by atoms with Gasteiger partial charge in [0.05, 0.1) is 0 Å². The van der Waals surface area contributed by atoms with Gasteiger partial charge in [0, 0.05) is 52.5 Å². The number of hydrogen-bond acceptors (Lipinski definition) is 4. The fourth-order valence-electron chi connectivity index (χ4n) is 3.38. The van der Waals surface area contributed by atoms with Gasteiger partial charge in [-0.25, -0.2) is 8.42 Å². The van der Waals surface area contributed by atoms with E-state index in [1.54, 1.807) is 17.8 Å². The molecule has 1 aliphatic heterocycles. The first-order valence-corrected chi connectivity index (χ1v) is 11.3. The highest BCUT2D eigenvalue weighted by Gasteiger charge is 2.28. The van der Waals surface area contributed by atoms with Crippen molar-refractivity contribution in [3.8, 4) is 0 Å². The molecule has 154 valence electrons. The second-order valence-corrected chi connectivity index (χ2v) is 9.52. The number of hydrogen-bond donors (Lipinski definition) is 0. The molecule has 8 heteroatoms.